The fourth-order valence-corrected chi connectivity index (χ4v) is 3.16. The molecule has 0 bridgehead atoms. The molecule has 0 amide bonds. The van der Waals surface area contributed by atoms with Crippen molar-refractivity contribution in [2.45, 2.75) is 37.0 Å². The smallest absolute Gasteiger partial charge is 0.180 e. The van der Waals surface area contributed by atoms with E-state index < -0.39 is 0 Å². The van der Waals surface area contributed by atoms with Crippen molar-refractivity contribution < 1.29 is 4.42 Å². The minimum absolute atomic E-state index is 0.472. The van der Waals surface area contributed by atoms with E-state index in [-0.39, 0.29) is 0 Å². The molecule has 1 aliphatic carbocycles. The van der Waals surface area contributed by atoms with Crippen LogP contribution in [0.25, 0.3) is 0 Å². The Hall–Kier alpha value is -0.480. The summed E-state index contributed by atoms with van der Waals surface area (Å²) >= 11 is 2.01. The summed E-state index contributed by atoms with van der Waals surface area (Å²) in [6, 6.07) is 0. The largest absolute Gasteiger partial charge is 0.447 e. The maximum absolute atomic E-state index is 5.18. The van der Waals surface area contributed by atoms with E-state index >= 15 is 0 Å². The van der Waals surface area contributed by atoms with Crippen molar-refractivity contribution in [3.05, 3.63) is 18.4 Å². The SMILES string of the molecule is CSC1(CNCc2cnco2)CCCC1. The number of rotatable bonds is 5. The lowest BCUT2D eigenvalue weighted by Gasteiger charge is -2.26. The lowest BCUT2D eigenvalue weighted by Crippen LogP contribution is -2.34. The van der Waals surface area contributed by atoms with E-state index in [1.165, 1.54) is 32.1 Å². The number of thioether (sulfide) groups is 1. The zero-order chi connectivity index (χ0) is 10.6. The second-order valence-electron chi connectivity index (χ2n) is 4.17. The first-order valence-electron chi connectivity index (χ1n) is 5.48. The molecule has 0 radical (unpaired) electrons. The Labute approximate surface area is 95.0 Å². The van der Waals surface area contributed by atoms with Gasteiger partial charge in [-0.3, -0.25) is 0 Å². The van der Waals surface area contributed by atoms with Gasteiger partial charge in [0.1, 0.15) is 5.76 Å². The van der Waals surface area contributed by atoms with Crippen LogP contribution in [0.3, 0.4) is 0 Å². The van der Waals surface area contributed by atoms with Crippen LogP contribution in [0.1, 0.15) is 31.4 Å². The summed E-state index contributed by atoms with van der Waals surface area (Å²) in [6.45, 7) is 1.87. The Morgan fingerprint density at radius 1 is 1.53 bits per heavy atom. The van der Waals surface area contributed by atoms with Crippen LogP contribution in [-0.4, -0.2) is 22.5 Å². The highest BCUT2D eigenvalue weighted by molar-refractivity contribution is 8.00. The van der Waals surface area contributed by atoms with Gasteiger partial charge in [-0.25, -0.2) is 4.98 Å². The van der Waals surface area contributed by atoms with Crippen LogP contribution in [-0.2, 0) is 6.54 Å². The Morgan fingerprint density at radius 3 is 2.93 bits per heavy atom. The van der Waals surface area contributed by atoms with E-state index in [9.17, 15) is 0 Å². The molecule has 0 aromatic carbocycles. The average molecular weight is 226 g/mol. The third-order valence-corrected chi connectivity index (χ3v) is 4.60. The fourth-order valence-electron chi connectivity index (χ4n) is 2.22. The second-order valence-corrected chi connectivity index (χ2v) is 5.44. The zero-order valence-electron chi connectivity index (χ0n) is 9.16. The molecule has 1 aromatic rings. The number of hydrogen-bond donors (Lipinski definition) is 1. The second kappa shape index (κ2) is 5.03. The minimum Gasteiger partial charge on any atom is -0.447 e. The molecule has 1 fully saturated rings. The van der Waals surface area contributed by atoms with Crippen LogP contribution in [0.5, 0.6) is 0 Å². The molecular formula is C11H18N2OS. The van der Waals surface area contributed by atoms with E-state index in [0.29, 0.717) is 4.75 Å². The Balaban J connectivity index is 1.77. The number of oxazole rings is 1. The minimum atomic E-state index is 0.472. The van der Waals surface area contributed by atoms with Gasteiger partial charge in [0.2, 0.25) is 0 Å². The van der Waals surface area contributed by atoms with Crippen LogP contribution in [0.4, 0.5) is 0 Å². The van der Waals surface area contributed by atoms with Gasteiger partial charge in [-0.1, -0.05) is 12.8 Å². The average Bonchev–Trinajstić information content (AvgIpc) is 2.89. The predicted octanol–water partition coefficient (Wildman–Crippen LogP) is 2.44. The standard InChI is InChI=1S/C11H18N2OS/c1-15-11(4-2-3-5-11)8-12-6-10-7-13-9-14-10/h7,9,12H,2-6,8H2,1H3. The molecule has 0 aliphatic heterocycles. The fraction of sp³-hybridized carbons (Fsp3) is 0.727. The first kappa shape index (κ1) is 11.0. The highest BCUT2D eigenvalue weighted by Gasteiger charge is 2.32. The van der Waals surface area contributed by atoms with Crippen LogP contribution >= 0.6 is 11.8 Å². The van der Waals surface area contributed by atoms with Crippen LogP contribution in [0.15, 0.2) is 17.0 Å². The van der Waals surface area contributed by atoms with Gasteiger partial charge in [-0.2, -0.15) is 11.8 Å². The van der Waals surface area contributed by atoms with Gasteiger partial charge in [-0.15, -0.1) is 0 Å². The van der Waals surface area contributed by atoms with E-state index in [0.717, 1.165) is 18.8 Å². The van der Waals surface area contributed by atoms with Crippen LogP contribution < -0.4 is 5.32 Å². The first-order chi connectivity index (χ1) is 7.35. The number of nitrogens with zero attached hydrogens (tertiary/aromatic N) is 1. The lowest BCUT2D eigenvalue weighted by atomic mass is 10.1. The summed E-state index contributed by atoms with van der Waals surface area (Å²) in [5.74, 6) is 0.921. The third-order valence-electron chi connectivity index (χ3n) is 3.18. The molecule has 4 heteroatoms. The molecule has 2 rings (SSSR count). The van der Waals surface area contributed by atoms with Gasteiger partial charge in [0.05, 0.1) is 12.7 Å². The summed E-state index contributed by atoms with van der Waals surface area (Å²) in [6.07, 6.45) is 10.9. The van der Waals surface area contributed by atoms with E-state index in [2.05, 4.69) is 16.6 Å². The molecule has 1 aromatic heterocycles. The molecule has 0 spiro atoms. The van der Waals surface area contributed by atoms with Crippen molar-refractivity contribution in [2.75, 3.05) is 12.8 Å². The van der Waals surface area contributed by atoms with E-state index in [1.807, 2.05) is 11.8 Å². The van der Waals surface area contributed by atoms with Gasteiger partial charge in [0.15, 0.2) is 6.39 Å². The van der Waals surface area contributed by atoms with E-state index in [4.69, 9.17) is 4.42 Å². The predicted molar refractivity (Wildman–Crippen MR) is 62.9 cm³/mol. The van der Waals surface area contributed by atoms with Crippen LogP contribution in [0, 0.1) is 0 Å². The van der Waals surface area contributed by atoms with Gasteiger partial charge in [0, 0.05) is 11.3 Å². The summed E-state index contributed by atoms with van der Waals surface area (Å²) < 4.78 is 5.66. The highest BCUT2D eigenvalue weighted by Crippen LogP contribution is 2.39. The van der Waals surface area contributed by atoms with Crippen molar-refractivity contribution in [1.82, 2.24) is 10.3 Å². The maximum Gasteiger partial charge on any atom is 0.180 e. The van der Waals surface area contributed by atoms with Gasteiger partial charge >= 0.3 is 0 Å². The third kappa shape index (κ3) is 2.75. The van der Waals surface area contributed by atoms with Gasteiger partial charge in [-0.05, 0) is 19.1 Å². The van der Waals surface area contributed by atoms with E-state index in [1.54, 1.807) is 6.20 Å². The van der Waals surface area contributed by atoms with Gasteiger partial charge < -0.3 is 9.73 Å². The Kier molecular flexibility index (Phi) is 3.70. The number of hydrogen-bond acceptors (Lipinski definition) is 4. The molecule has 3 nitrogen and oxygen atoms in total. The van der Waals surface area contributed by atoms with Crippen molar-refractivity contribution in [1.29, 1.82) is 0 Å². The van der Waals surface area contributed by atoms with Gasteiger partial charge in [0.25, 0.3) is 0 Å². The normalized spacial score (nSPS) is 19.5. The maximum atomic E-state index is 5.18. The zero-order valence-corrected chi connectivity index (χ0v) is 9.98. The molecule has 1 heterocycles. The highest BCUT2D eigenvalue weighted by atomic mass is 32.2. The summed E-state index contributed by atoms with van der Waals surface area (Å²) in [4.78, 5) is 3.90. The molecule has 1 aliphatic rings. The Morgan fingerprint density at radius 2 is 2.33 bits per heavy atom. The van der Waals surface area contributed by atoms with Crippen molar-refractivity contribution >= 4 is 11.8 Å². The molecule has 0 unspecified atom stereocenters. The molecule has 84 valence electrons. The van der Waals surface area contributed by atoms with Crippen molar-refractivity contribution in [3.8, 4) is 0 Å². The summed E-state index contributed by atoms with van der Waals surface area (Å²) in [5.41, 5.74) is 0. The van der Waals surface area contributed by atoms with Crippen molar-refractivity contribution in [3.63, 3.8) is 0 Å². The van der Waals surface area contributed by atoms with Crippen molar-refractivity contribution in [2.24, 2.45) is 0 Å². The quantitative estimate of drug-likeness (QED) is 0.837. The van der Waals surface area contributed by atoms with Crippen LogP contribution in [0.2, 0.25) is 0 Å². The molecular weight excluding hydrogens is 208 g/mol. The summed E-state index contributed by atoms with van der Waals surface area (Å²) in [7, 11) is 0. The summed E-state index contributed by atoms with van der Waals surface area (Å²) in [5, 5.41) is 3.47. The topological polar surface area (TPSA) is 38.1 Å². The molecule has 1 saturated carbocycles. The molecule has 0 saturated heterocycles. The molecule has 0 atom stereocenters. The first-order valence-corrected chi connectivity index (χ1v) is 6.70. The Bertz CT molecular complexity index is 281. The number of nitrogens with one attached hydrogen (secondary N) is 1. The number of aromatic nitrogens is 1. The lowest BCUT2D eigenvalue weighted by molar-refractivity contribution is 0.459. The molecule has 1 N–H and O–H groups in total. The monoisotopic (exact) mass is 226 g/mol. The molecule has 15 heavy (non-hydrogen) atoms.